The van der Waals surface area contributed by atoms with Crippen molar-refractivity contribution in [2.45, 2.75) is 129 Å². The summed E-state index contributed by atoms with van der Waals surface area (Å²) in [5, 5.41) is 11.6. The van der Waals surface area contributed by atoms with Crippen LogP contribution in [0.2, 0.25) is 0 Å². The van der Waals surface area contributed by atoms with Crippen molar-refractivity contribution in [3.63, 3.8) is 0 Å². The molecule has 4 fully saturated rings. The highest BCUT2D eigenvalue weighted by atomic mass is 35.5. The molecule has 0 spiro atoms. The highest BCUT2D eigenvalue weighted by molar-refractivity contribution is 6.25. The van der Waals surface area contributed by atoms with Gasteiger partial charge in [-0.3, -0.25) is 0 Å². The van der Waals surface area contributed by atoms with Gasteiger partial charge in [-0.05, 0) is 91.8 Å². The van der Waals surface area contributed by atoms with Crippen molar-refractivity contribution in [1.29, 1.82) is 0 Å². The van der Waals surface area contributed by atoms with E-state index in [0.29, 0.717) is 11.8 Å². The first kappa shape index (κ1) is 22.4. The molecule has 0 heterocycles. The molecule has 0 radical (unpaired) electrons. The van der Waals surface area contributed by atoms with Gasteiger partial charge in [-0.15, -0.1) is 11.6 Å². The number of rotatable bonds is 5. The molecule has 8 atom stereocenters. The molecular formula is C27H47ClO. The standard InChI is InChI=1S/C27H47ClO/c1-19(2)9-8-10-20(3)21-13-18-27(28)23-12-17-26(29)15-7-6-14-24(26,4)22(23)11-16-25(21,27)5/h19-23,29H,6-18H2,1-5H3/t20-,21-,22+,23-,24-,25-,26?,27-/m1/s1. The maximum Gasteiger partial charge on any atom is 0.0704 e. The van der Waals surface area contributed by atoms with E-state index in [9.17, 15) is 5.11 Å². The monoisotopic (exact) mass is 422 g/mol. The second-order valence-electron chi connectivity index (χ2n) is 12.7. The van der Waals surface area contributed by atoms with Crippen molar-refractivity contribution >= 4 is 11.6 Å². The average molecular weight is 423 g/mol. The molecule has 0 aliphatic heterocycles. The normalized spacial score (nSPS) is 50.7. The largest absolute Gasteiger partial charge is 0.389 e. The number of hydrogen-bond acceptors (Lipinski definition) is 1. The van der Waals surface area contributed by atoms with Crippen LogP contribution in [0.5, 0.6) is 0 Å². The van der Waals surface area contributed by atoms with Gasteiger partial charge in [-0.1, -0.05) is 66.7 Å². The quantitative estimate of drug-likeness (QED) is 0.445. The molecule has 29 heavy (non-hydrogen) atoms. The lowest BCUT2D eigenvalue weighted by atomic mass is 9.43. The zero-order valence-electron chi connectivity index (χ0n) is 19.9. The summed E-state index contributed by atoms with van der Waals surface area (Å²) in [7, 11) is 0. The van der Waals surface area contributed by atoms with E-state index in [1.165, 1.54) is 64.2 Å². The lowest BCUT2D eigenvalue weighted by molar-refractivity contribution is -0.200. The Kier molecular flexibility index (Phi) is 5.95. The molecule has 1 nitrogen and oxygen atoms in total. The molecule has 0 bridgehead atoms. The molecule has 4 aliphatic rings. The van der Waals surface area contributed by atoms with Gasteiger partial charge in [0.2, 0.25) is 0 Å². The maximum absolute atomic E-state index is 11.6. The summed E-state index contributed by atoms with van der Waals surface area (Å²) in [5.74, 6) is 3.64. The summed E-state index contributed by atoms with van der Waals surface area (Å²) in [5.41, 5.74) is -0.0403. The van der Waals surface area contributed by atoms with Crippen LogP contribution in [0.15, 0.2) is 0 Å². The van der Waals surface area contributed by atoms with E-state index >= 15 is 0 Å². The van der Waals surface area contributed by atoms with E-state index in [2.05, 4.69) is 34.6 Å². The van der Waals surface area contributed by atoms with Crippen LogP contribution in [0, 0.1) is 40.4 Å². The zero-order valence-corrected chi connectivity index (χ0v) is 20.7. The van der Waals surface area contributed by atoms with Crippen LogP contribution in [-0.2, 0) is 0 Å². The number of fused-ring (bicyclic) bond motifs is 5. The minimum Gasteiger partial charge on any atom is -0.389 e. The van der Waals surface area contributed by atoms with E-state index in [1.807, 2.05) is 0 Å². The molecule has 1 unspecified atom stereocenters. The van der Waals surface area contributed by atoms with Gasteiger partial charge in [0.15, 0.2) is 0 Å². The number of hydrogen-bond donors (Lipinski definition) is 1. The minimum atomic E-state index is -0.421. The van der Waals surface area contributed by atoms with Gasteiger partial charge in [0.25, 0.3) is 0 Å². The molecule has 4 saturated carbocycles. The van der Waals surface area contributed by atoms with Crippen LogP contribution < -0.4 is 0 Å². The second kappa shape index (κ2) is 7.68. The summed E-state index contributed by atoms with van der Waals surface area (Å²) in [6.45, 7) is 12.2. The van der Waals surface area contributed by atoms with Crippen molar-refractivity contribution in [2.24, 2.45) is 40.4 Å². The Labute approximate surface area is 185 Å². The number of halogens is 1. The lowest BCUT2D eigenvalue weighted by Crippen LogP contribution is -2.65. The topological polar surface area (TPSA) is 20.2 Å². The molecule has 4 rings (SSSR count). The van der Waals surface area contributed by atoms with Crippen LogP contribution in [0.3, 0.4) is 0 Å². The minimum absolute atomic E-state index is 0.0331. The van der Waals surface area contributed by atoms with Crippen LogP contribution >= 0.6 is 11.6 Å². The predicted molar refractivity (Wildman–Crippen MR) is 124 cm³/mol. The zero-order chi connectivity index (χ0) is 21.1. The molecule has 0 aromatic rings. The van der Waals surface area contributed by atoms with Crippen LogP contribution in [-0.4, -0.2) is 15.6 Å². The predicted octanol–water partition coefficient (Wildman–Crippen LogP) is 7.97. The van der Waals surface area contributed by atoms with Crippen LogP contribution in [0.25, 0.3) is 0 Å². The molecule has 0 aromatic heterocycles. The molecule has 0 amide bonds. The highest BCUT2D eigenvalue weighted by Crippen LogP contribution is 2.72. The van der Waals surface area contributed by atoms with Gasteiger partial charge in [-0.2, -0.15) is 0 Å². The van der Waals surface area contributed by atoms with Gasteiger partial charge in [0, 0.05) is 0 Å². The fourth-order valence-corrected chi connectivity index (χ4v) is 9.78. The Bertz CT molecular complexity index is 603. The first-order valence-corrected chi connectivity index (χ1v) is 13.4. The molecule has 168 valence electrons. The third kappa shape index (κ3) is 3.26. The number of alkyl halides is 1. The summed E-state index contributed by atoms with van der Waals surface area (Å²) in [4.78, 5) is -0.0331. The summed E-state index contributed by atoms with van der Waals surface area (Å²) < 4.78 is 0. The fourth-order valence-electron chi connectivity index (χ4n) is 9.17. The van der Waals surface area contributed by atoms with Crippen molar-refractivity contribution in [1.82, 2.24) is 0 Å². The van der Waals surface area contributed by atoms with Gasteiger partial charge in [0.05, 0.1) is 10.5 Å². The summed E-state index contributed by atoms with van der Waals surface area (Å²) in [6.07, 6.45) is 16.1. The van der Waals surface area contributed by atoms with Gasteiger partial charge in [-0.25, -0.2) is 0 Å². The van der Waals surface area contributed by atoms with E-state index in [0.717, 1.165) is 37.0 Å². The third-order valence-electron chi connectivity index (χ3n) is 11.0. The van der Waals surface area contributed by atoms with E-state index in [4.69, 9.17) is 11.6 Å². The lowest BCUT2D eigenvalue weighted by Gasteiger charge is -2.65. The number of aliphatic hydroxyl groups is 1. The van der Waals surface area contributed by atoms with Gasteiger partial charge < -0.3 is 5.11 Å². The Hall–Kier alpha value is 0.250. The first-order chi connectivity index (χ1) is 13.6. The van der Waals surface area contributed by atoms with Crippen molar-refractivity contribution in [3.05, 3.63) is 0 Å². The van der Waals surface area contributed by atoms with Crippen molar-refractivity contribution in [2.75, 3.05) is 0 Å². The SMILES string of the molecule is CC(C)CCC[C@@H](C)[C@H]1CC[C@@]2(Cl)[C@@H]3CCC4(O)CCCC[C@]4(C)[C@H]3CC[C@]12C. The highest BCUT2D eigenvalue weighted by Gasteiger charge is 2.69. The maximum atomic E-state index is 11.6. The Morgan fingerprint density at radius 2 is 1.52 bits per heavy atom. The smallest absolute Gasteiger partial charge is 0.0704 e. The van der Waals surface area contributed by atoms with E-state index in [1.54, 1.807) is 0 Å². The molecule has 4 aliphatic carbocycles. The molecule has 1 N–H and O–H groups in total. The van der Waals surface area contributed by atoms with E-state index < -0.39 is 5.60 Å². The Morgan fingerprint density at radius 3 is 2.24 bits per heavy atom. The summed E-state index contributed by atoms with van der Waals surface area (Å²) in [6, 6.07) is 0. The average Bonchev–Trinajstić information content (AvgIpc) is 2.93. The van der Waals surface area contributed by atoms with Crippen molar-refractivity contribution in [3.8, 4) is 0 Å². The van der Waals surface area contributed by atoms with E-state index in [-0.39, 0.29) is 15.7 Å². The first-order valence-electron chi connectivity index (χ1n) is 13.0. The van der Waals surface area contributed by atoms with Gasteiger partial charge >= 0.3 is 0 Å². The second-order valence-corrected chi connectivity index (χ2v) is 13.3. The third-order valence-corrected chi connectivity index (χ3v) is 12.0. The molecule has 0 aromatic carbocycles. The van der Waals surface area contributed by atoms with Crippen molar-refractivity contribution < 1.29 is 5.11 Å². The summed E-state index contributed by atoms with van der Waals surface area (Å²) >= 11 is 7.77. The Morgan fingerprint density at radius 1 is 0.828 bits per heavy atom. The molecular weight excluding hydrogens is 376 g/mol. The fraction of sp³-hybridized carbons (Fsp3) is 1.00. The van der Waals surface area contributed by atoms with Crippen LogP contribution in [0.1, 0.15) is 118 Å². The molecule has 2 heteroatoms. The molecule has 0 saturated heterocycles. The van der Waals surface area contributed by atoms with Gasteiger partial charge in [0.1, 0.15) is 0 Å². The Balaban J connectivity index is 1.55. The van der Waals surface area contributed by atoms with Crippen LogP contribution in [0.4, 0.5) is 0 Å².